The second-order valence-corrected chi connectivity index (χ2v) is 4.93. The van der Waals surface area contributed by atoms with E-state index in [1.165, 1.54) is 12.1 Å². The van der Waals surface area contributed by atoms with Gasteiger partial charge in [0.25, 0.3) is 5.69 Å². The van der Waals surface area contributed by atoms with Crippen molar-refractivity contribution in [2.24, 2.45) is 0 Å². The molecule has 2 aromatic rings. The Morgan fingerprint density at radius 1 is 1.29 bits per heavy atom. The molecule has 1 aromatic carbocycles. The van der Waals surface area contributed by atoms with Crippen LogP contribution in [0.1, 0.15) is 0 Å². The third-order valence-electron chi connectivity index (χ3n) is 2.70. The standard InChI is InChI=1S/C13H13BrN4O3/c1-15-12-6-9(18(19)20)7-13(17-12)16-8-3-4-11(21-2)10(14)5-8/h3-7H,1-2H3,(H2,15,16,17). The molecule has 1 aromatic heterocycles. The molecule has 2 rings (SSSR count). The highest BCUT2D eigenvalue weighted by molar-refractivity contribution is 9.10. The number of aromatic nitrogens is 1. The molecule has 0 bridgehead atoms. The number of nitrogens with one attached hydrogen (secondary N) is 2. The van der Waals surface area contributed by atoms with Gasteiger partial charge in [0, 0.05) is 12.7 Å². The van der Waals surface area contributed by atoms with Crippen molar-refractivity contribution in [2.75, 3.05) is 24.8 Å². The summed E-state index contributed by atoms with van der Waals surface area (Å²) in [6.07, 6.45) is 0. The number of hydrogen-bond donors (Lipinski definition) is 2. The molecule has 0 aliphatic rings. The number of pyridine rings is 1. The SMILES string of the molecule is CNc1cc([N+](=O)[O-])cc(Nc2ccc(OC)c(Br)c2)n1. The first kappa shape index (κ1) is 15.0. The van der Waals surface area contributed by atoms with Crippen molar-refractivity contribution in [3.05, 3.63) is 44.9 Å². The van der Waals surface area contributed by atoms with Crippen LogP contribution < -0.4 is 15.4 Å². The van der Waals surface area contributed by atoms with E-state index in [2.05, 4.69) is 31.5 Å². The minimum Gasteiger partial charge on any atom is -0.496 e. The summed E-state index contributed by atoms with van der Waals surface area (Å²) in [5.41, 5.74) is 0.696. The lowest BCUT2D eigenvalue weighted by Gasteiger charge is -2.09. The van der Waals surface area contributed by atoms with Crippen molar-refractivity contribution in [3.8, 4) is 5.75 Å². The van der Waals surface area contributed by atoms with Gasteiger partial charge in [0.1, 0.15) is 17.4 Å². The van der Waals surface area contributed by atoms with E-state index in [1.807, 2.05) is 0 Å². The lowest BCUT2D eigenvalue weighted by molar-refractivity contribution is -0.384. The summed E-state index contributed by atoms with van der Waals surface area (Å²) in [7, 11) is 3.23. The minimum absolute atomic E-state index is 0.0376. The predicted octanol–water partition coefficient (Wildman–Crippen LogP) is 3.55. The third kappa shape index (κ3) is 3.60. The monoisotopic (exact) mass is 352 g/mol. The molecule has 0 aliphatic heterocycles. The van der Waals surface area contributed by atoms with Gasteiger partial charge in [0.05, 0.1) is 28.6 Å². The highest BCUT2D eigenvalue weighted by Crippen LogP contribution is 2.30. The third-order valence-corrected chi connectivity index (χ3v) is 3.32. The van der Waals surface area contributed by atoms with Crippen LogP contribution in [-0.4, -0.2) is 24.1 Å². The first-order chi connectivity index (χ1) is 10.0. The van der Waals surface area contributed by atoms with E-state index in [9.17, 15) is 10.1 Å². The van der Waals surface area contributed by atoms with E-state index in [1.54, 1.807) is 32.4 Å². The van der Waals surface area contributed by atoms with E-state index in [-0.39, 0.29) is 5.69 Å². The molecule has 1 heterocycles. The number of rotatable bonds is 5. The number of nitrogens with zero attached hydrogens (tertiary/aromatic N) is 2. The van der Waals surface area contributed by atoms with Crippen LogP contribution in [0.25, 0.3) is 0 Å². The zero-order valence-corrected chi connectivity index (χ0v) is 13.0. The number of anilines is 3. The lowest BCUT2D eigenvalue weighted by atomic mass is 10.3. The van der Waals surface area contributed by atoms with Gasteiger partial charge in [0.2, 0.25) is 0 Å². The Morgan fingerprint density at radius 2 is 2.00 bits per heavy atom. The van der Waals surface area contributed by atoms with E-state index < -0.39 is 4.92 Å². The van der Waals surface area contributed by atoms with Crippen LogP contribution in [0.3, 0.4) is 0 Å². The molecule has 8 heteroatoms. The maximum atomic E-state index is 10.9. The Morgan fingerprint density at radius 3 is 2.57 bits per heavy atom. The molecule has 0 atom stereocenters. The van der Waals surface area contributed by atoms with Gasteiger partial charge in [-0.15, -0.1) is 0 Å². The first-order valence-electron chi connectivity index (χ1n) is 5.98. The number of hydrogen-bond acceptors (Lipinski definition) is 6. The number of nitro groups is 1. The highest BCUT2D eigenvalue weighted by Gasteiger charge is 2.11. The Kier molecular flexibility index (Phi) is 4.59. The van der Waals surface area contributed by atoms with E-state index in [4.69, 9.17) is 4.74 Å². The van der Waals surface area contributed by atoms with Gasteiger partial charge in [-0.05, 0) is 34.1 Å². The van der Waals surface area contributed by atoms with Crippen LogP contribution in [0.15, 0.2) is 34.8 Å². The van der Waals surface area contributed by atoms with Gasteiger partial charge < -0.3 is 15.4 Å². The summed E-state index contributed by atoms with van der Waals surface area (Å²) in [5, 5.41) is 16.7. The molecule has 7 nitrogen and oxygen atoms in total. The fourth-order valence-corrected chi connectivity index (χ4v) is 2.25. The van der Waals surface area contributed by atoms with Gasteiger partial charge in [-0.2, -0.15) is 0 Å². The van der Waals surface area contributed by atoms with E-state index in [0.29, 0.717) is 17.4 Å². The van der Waals surface area contributed by atoms with Crippen molar-refractivity contribution in [3.63, 3.8) is 0 Å². The fraction of sp³-hybridized carbons (Fsp3) is 0.154. The maximum absolute atomic E-state index is 10.9. The summed E-state index contributed by atoms with van der Waals surface area (Å²) in [6, 6.07) is 8.12. The second kappa shape index (κ2) is 6.40. The normalized spacial score (nSPS) is 10.0. The van der Waals surface area contributed by atoms with Crippen LogP contribution >= 0.6 is 15.9 Å². The molecule has 21 heavy (non-hydrogen) atoms. The van der Waals surface area contributed by atoms with Crippen molar-refractivity contribution in [1.82, 2.24) is 4.98 Å². The average Bonchev–Trinajstić information content (AvgIpc) is 2.47. The van der Waals surface area contributed by atoms with Crippen LogP contribution in [0.2, 0.25) is 0 Å². The van der Waals surface area contributed by atoms with Crippen molar-refractivity contribution >= 4 is 38.9 Å². The van der Waals surface area contributed by atoms with E-state index >= 15 is 0 Å². The topological polar surface area (TPSA) is 89.3 Å². The molecule has 0 spiro atoms. The average molecular weight is 353 g/mol. The van der Waals surface area contributed by atoms with Gasteiger partial charge >= 0.3 is 0 Å². The number of benzene rings is 1. The molecule has 0 fully saturated rings. The Balaban J connectivity index is 2.32. The number of methoxy groups -OCH3 is 1. The summed E-state index contributed by atoms with van der Waals surface area (Å²) in [6.45, 7) is 0. The maximum Gasteiger partial charge on any atom is 0.276 e. The molecule has 0 saturated carbocycles. The molecular formula is C13H13BrN4O3. The Bertz CT molecular complexity index is 678. The molecule has 0 radical (unpaired) electrons. The van der Waals surface area contributed by atoms with E-state index in [0.717, 1.165) is 10.2 Å². The van der Waals surface area contributed by atoms with Crippen molar-refractivity contribution < 1.29 is 9.66 Å². The predicted molar refractivity (Wildman–Crippen MR) is 84.4 cm³/mol. The summed E-state index contributed by atoms with van der Waals surface area (Å²) in [4.78, 5) is 14.7. The Labute approximate surface area is 129 Å². The van der Waals surface area contributed by atoms with Crippen molar-refractivity contribution in [1.29, 1.82) is 0 Å². The molecule has 0 saturated heterocycles. The molecule has 0 unspecified atom stereocenters. The highest BCUT2D eigenvalue weighted by atomic mass is 79.9. The minimum atomic E-state index is -0.461. The first-order valence-corrected chi connectivity index (χ1v) is 6.77. The molecular weight excluding hydrogens is 340 g/mol. The molecule has 0 aliphatic carbocycles. The number of ether oxygens (including phenoxy) is 1. The van der Waals surface area contributed by atoms with Crippen LogP contribution in [0.4, 0.5) is 23.0 Å². The molecule has 110 valence electrons. The van der Waals surface area contributed by atoms with Crippen molar-refractivity contribution in [2.45, 2.75) is 0 Å². The van der Waals surface area contributed by atoms with Crippen LogP contribution in [-0.2, 0) is 0 Å². The second-order valence-electron chi connectivity index (χ2n) is 4.08. The smallest absolute Gasteiger partial charge is 0.276 e. The molecule has 2 N–H and O–H groups in total. The summed E-state index contributed by atoms with van der Waals surface area (Å²) >= 11 is 3.38. The largest absolute Gasteiger partial charge is 0.496 e. The van der Waals surface area contributed by atoms with Gasteiger partial charge in [-0.25, -0.2) is 4.98 Å². The number of halogens is 1. The zero-order valence-electron chi connectivity index (χ0n) is 11.4. The van der Waals surface area contributed by atoms with Gasteiger partial charge in [-0.1, -0.05) is 0 Å². The quantitative estimate of drug-likeness (QED) is 0.631. The Hall–Kier alpha value is -2.35. The van der Waals surface area contributed by atoms with Gasteiger partial charge in [-0.3, -0.25) is 10.1 Å². The lowest BCUT2D eigenvalue weighted by Crippen LogP contribution is -2.00. The summed E-state index contributed by atoms with van der Waals surface area (Å²) < 4.78 is 5.92. The van der Waals surface area contributed by atoms with Crippen LogP contribution in [0, 0.1) is 10.1 Å². The van der Waals surface area contributed by atoms with Crippen LogP contribution in [0.5, 0.6) is 5.75 Å². The molecule has 0 amide bonds. The fourth-order valence-electron chi connectivity index (χ4n) is 1.71. The summed E-state index contributed by atoms with van der Waals surface area (Å²) in [5.74, 6) is 1.49. The van der Waals surface area contributed by atoms with Gasteiger partial charge in [0.15, 0.2) is 0 Å². The zero-order chi connectivity index (χ0) is 15.4.